The molecule has 0 aromatic rings. The molecule has 0 heterocycles. The average molecular weight is 344 g/mol. The van der Waals surface area contributed by atoms with Crippen LogP contribution < -0.4 is 11.5 Å². The van der Waals surface area contributed by atoms with Crippen LogP contribution in [0.25, 0.3) is 0 Å². The van der Waals surface area contributed by atoms with Crippen molar-refractivity contribution in [3.63, 3.8) is 0 Å². The summed E-state index contributed by atoms with van der Waals surface area (Å²) in [5.41, 5.74) is 11.8. The molecule has 0 spiro atoms. The molecule has 142 valence electrons. The second kappa shape index (κ2) is 15.4. The fourth-order valence-corrected chi connectivity index (χ4v) is 2.33. The van der Waals surface area contributed by atoms with Crippen molar-refractivity contribution < 1.29 is 19.1 Å². The van der Waals surface area contributed by atoms with Gasteiger partial charge in [0.1, 0.15) is 0 Å². The zero-order valence-electron chi connectivity index (χ0n) is 15.4. The molecule has 0 saturated heterocycles. The molecule has 4 N–H and O–H groups in total. The molecule has 0 saturated carbocycles. The summed E-state index contributed by atoms with van der Waals surface area (Å²) < 4.78 is 9.79. The summed E-state index contributed by atoms with van der Waals surface area (Å²) in [5.74, 6) is -1.90. The van der Waals surface area contributed by atoms with Gasteiger partial charge in [-0.05, 0) is 25.7 Å². The van der Waals surface area contributed by atoms with E-state index in [2.05, 4.69) is 13.8 Å². The number of carbonyl (C=O) groups is 2. The van der Waals surface area contributed by atoms with E-state index in [0.717, 1.165) is 51.4 Å². The summed E-state index contributed by atoms with van der Waals surface area (Å²) in [4.78, 5) is 23.0. The van der Waals surface area contributed by atoms with Gasteiger partial charge in [0.15, 0.2) is 0 Å². The van der Waals surface area contributed by atoms with Crippen LogP contribution in [0, 0.1) is 0 Å². The Morgan fingerprint density at radius 2 is 1.08 bits per heavy atom. The molecule has 0 aliphatic rings. The van der Waals surface area contributed by atoms with Gasteiger partial charge in [0.05, 0.1) is 13.2 Å². The van der Waals surface area contributed by atoms with Crippen LogP contribution in [0.2, 0.25) is 0 Å². The van der Waals surface area contributed by atoms with E-state index in [1.165, 1.54) is 0 Å². The van der Waals surface area contributed by atoms with Gasteiger partial charge in [0, 0.05) is 12.1 Å². The van der Waals surface area contributed by atoms with Gasteiger partial charge in [-0.1, -0.05) is 52.4 Å². The SMILES string of the molecule is CCCCCC(N)CCOC(=O)C(=O)OCCC(N)CCCCC. The quantitative estimate of drug-likeness (QED) is 0.285. The molecule has 6 nitrogen and oxygen atoms in total. The zero-order chi connectivity index (χ0) is 18.2. The second-order valence-electron chi connectivity index (χ2n) is 6.36. The van der Waals surface area contributed by atoms with Crippen LogP contribution in [0.1, 0.15) is 78.1 Å². The lowest BCUT2D eigenvalue weighted by Crippen LogP contribution is -2.27. The number of hydrogen-bond acceptors (Lipinski definition) is 6. The van der Waals surface area contributed by atoms with E-state index in [4.69, 9.17) is 20.9 Å². The van der Waals surface area contributed by atoms with Gasteiger partial charge in [-0.25, -0.2) is 9.59 Å². The lowest BCUT2D eigenvalue weighted by Gasteiger charge is -2.12. The molecule has 0 aliphatic carbocycles. The van der Waals surface area contributed by atoms with Crippen LogP contribution in [-0.2, 0) is 19.1 Å². The maximum Gasteiger partial charge on any atom is 0.417 e. The molecule has 2 atom stereocenters. The van der Waals surface area contributed by atoms with Crippen molar-refractivity contribution in [3.8, 4) is 0 Å². The van der Waals surface area contributed by atoms with Crippen molar-refractivity contribution in [1.82, 2.24) is 0 Å². The monoisotopic (exact) mass is 344 g/mol. The summed E-state index contributed by atoms with van der Waals surface area (Å²) in [6.07, 6.45) is 9.69. The third-order valence-electron chi connectivity index (χ3n) is 3.97. The van der Waals surface area contributed by atoms with Crippen molar-refractivity contribution in [2.75, 3.05) is 13.2 Å². The van der Waals surface area contributed by atoms with Crippen LogP contribution in [0.4, 0.5) is 0 Å². The highest BCUT2D eigenvalue weighted by Gasteiger charge is 2.18. The number of rotatable bonds is 14. The minimum atomic E-state index is -0.949. The second-order valence-corrected chi connectivity index (χ2v) is 6.36. The zero-order valence-corrected chi connectivity index (χ0v) is 15.4. The molecule has 0 amide bonds. The lowest BCUT2D eigenvalue weighted by atomic mass is 10.1. The molecule has 0 radical (unpaired) electrons. The van der Waals surface area contributed by atoms with E-state index in [1.807, 2.05) is 0 Å². The molecule has 2 unspecified atom stereocenters. The highest BCUT2D eigenvalue weighted by atomic mass is 16.6. The molecule has 0 aliphatic heterocycles. The van der Waals surface area contributed by atoms with Crippen molar-refractivity contribution in [2.45, 2.75) is 90.1 Å². The number of esters is 2. The van der Waals surface area contributed by atoms with E-state index < -0.39 is 11.9 Å². The fourth-order valence-electron chi connectivity index (χ4n) is 2.33. The molecular formula is C18H36N2O4. The number of carbonyl (C=O) groups excluding carboxylic acids is 2. The van der Waals surface area contributed by atoms with Crippen LogP contribution in [-0.4, -0.2) is 37.2 Å². The van der Waals surface area contributed by atoms with Gasteiger partial charge in [0.25, 0.3) is 0 Å². The topological polar surface area (TPSA) is 105 Å². The first-order valence-corrected chi connectivity index (χ1v) is 9.36. The van der Waals surface area contributed by atoms with Crippen LogP contribution in [0.15, 0.2) is 0 Å². The number of ether oxygens (including phenoxy) is 2. The number of nitrogens with two attached hydrogens (primary N) is 2. The summed E-state index contributed by atoms with van der Waals surface area (Å²) in [5, 5.41) is 0. The Hall–Kier alpha value is -1.14. The summed E-state index contributed by atoms with van der Waals surface area (Å²) in [6.45, 7) is 4.57. The Balaban J connectivity index is 3.67. The van der Waals surface area contributed by atoms with Crippen molar-refractivity contribution in [1.29, 1.82) is 0 Å². The van der Waals surface area contributed by atoms with Gasteiger partial charge >= 0.3 is 11.9 Å². The van der Waals surface area contributed by atoms with Gasteiger partial charge in [-0.2, -0.15) is 0 Å². The molecule has 0 rings (SSSR count). The molecule has 6 heteroatoms. The van der Waals surface area contributed by atoms with Crippen molar-refractivity contribution >= 4 is 11.9 Å². The van der Waals surface area contributed by atoms with Crippen LogP contribution in [0.3, 0.4) is 0 Å². The van der Waals surface area contributed by atoms with E-state index in [9.17, 15) is 9.59 Å². The third kappa shape index (κ3) is 13.3. The van der Waals surface area contributed by atoms with E-state index in [1.54, 1.807) is 0 Å². The predicted molar refractivity (Wildman–Crippen MR) is 95.4 cm³/mol. The number of unbranched alkanes of at least 4 members (excludes halogenated alkanes) is 4. The normalized spacial score (nSPS) is 13.3. The predicted octanol–water partition coefficient (Wildman–Crippen LogP) is 2.67. The van der Waals surface area contributed by atoms with Crippen LogP contribution >= 0.6 is 0 Å². The molecule has 0 bridgehead atoms. The maximum absolute atomic E-state index is 11.5. The van der Waals surface area contributed by atoms with Gasteiger partial charge in [-0.15, -0.1) is 0 Å². The highest BCUT2D eigenvalue weighted by Crippen LogP contribution is 2.06. The molecule has 0 aromatic heterocycles. The molecule has 0 fully saturated rings. The first-order valence-electron chi connectivity index (χ1n) is 9.36. The molecule has 0 aromatic carbocycles. The molecule has 24 heavy (non-hydrogen) atoms. The van der Waals surface area contributed by atoms with E-state index in [0.29, 0.717) is 12.8 Å². The standard InChI is InChI=1S/C18H36N2O4/c1-3-5-7-9-15(19)11-13-23-17(21)18(22)24-14-12-16(20)10-8-6-4-2/h15-16H,3-14,19-20H2,1-2H3. The van der Waals surface area contributed by atoms with Gasteiger partial charge in [-0.3, -0.25) is 0 Å². The Morgan fingerprint density at radius 1 is 0.708 bits per heavy atom. The summed E-state index contributed by atoms with van der Waals surface area (Å²) in [7, 11) is 0. The highest BCUT2D eigenvalue weighted by molar-refractivity contribution is 6.29. The Morgan fingerprint density at radius 3 is 1.42 bits per heavy atom. The first-order chi connectivity index (χ1) is 11.5. The van der Waals surface area contributed by atoms with E-state index >= 15 is 0 Å². The van der Waals surface area contributed by atoms with Crippen LogP contribution in [0.5, 0.6) is 0 Å². The largest absolute Gasteiger partial charge is 0.457 e. The Labute approximate surface area is 146 Å². The lowest BCUT2D eigenvalue weighted by molar-refractivity contribution is -0.167. The first kappa shape index (κ1) is 22.9. The Bertz CT molecular complexity index is 305. The van der Waals surface area contributed by atoms with Gasteiger partial charge < -0.3 is 20.9 Å². The van der Waals surface area contributed by atoms with E-state index in [-0.39, 0.29) is 25.3 Å². The fraction of sp³-hybridized carbons (Fsp3) is 0.889. The summed E-state index contributed by atoms with van der Waals surface area (Å²) in [6, 6.07) is 0.00276. The van der Waals surface area contributed by atoms with Crippen molar-refractivity contribution in [3.05, 3.63) is 0 Å². The smallest absolute Gasteiger partial charge is 0.417 e. The summed E-state index contributed by atoms with van der Waals surface area (Å²) >= 11 is 0. The minimum absolute atomic E-state index is 0.00138. The average Bonchev–Trinajstić information content (AvgIpc) is 2.55. The minimum Gasteiger partial charge on any atom is -0.457 e. The third-order valence-corrected chi connectivity index (χ3v) is 3.97. The van der Waals surface area contributed by atoms with Crippen molar-refractivity contribution in [2.24, 2.45) is 11.5 Å². The van der Waals surface area contributed by atoms with Gasteiger partial charge in [0.2, 0.25) is 0 Å². The Kier molecular flexibility index (Phi) is 14.7. The maximum atomic E-state index is 11.5. The number of hydrogen-bond donors (Lipinski definition) is 2. The molecular weight excluding hydrogens is 308 g/mol.